The molecule has 0 fully saturated rings. The van der Waals surface area contributed by atoms with E-state index in [1.165, 1.54) is 24.3 Å². The molecule has 0 saturated heterocycles. The van der Waals surface area contributed by atoms with Gasteiger partial charge < -0.3 is 20.1 Å². The largest absolute Gasteiger partial charge is 0.351 e. The van der Waals surface area contributed by atoms with Gasteiger partial charge in [-0.05, 0) is 64.8 Å². The molecule has 1 aromatic heterocycles. The Morgan fingerprint density at radius 2 is 1.78 bits per heavy atom. The van der Waals surface area contributed by atoms with Crippen LogP contribution in [0.1, 0.15) is 36.6 Å². The second-order valence-corrected chi connectivity index (χ2v) is 11.5. The fraction of sp³-hybridized carbons (Fsp3) is 0.229. The van der Waals surface area contributed by atoms with E-state index in [0.29, 0.717) is 30.4 Å². The molecule has 11 heteroatoms. The first-order chi connectivity index (χ1) is 22.3. The Kier molecular flexibility index (Phi) is 10.7. The predicted molar refractivity (Wildman–Crippen MR) is 182 cm³/mol. The van der Waals surface area contributed by atoms with Gasteiger partial charge in [0.15, 0.2) is 5.11 Å². The fourth-order valence-corrected chi connectivity index (χ4v) is 5.67. The van der Waals surface area contributed by atoms with E-state index >= 15 is 0 Å². The number of nitrogens with one attached hydrogen (secondary N) is 2. The standard InChI is InChI=1S/C35H35FN6O3S/c1-2-6-30(38-34(43)19-32-20-37-24-41(32)21-25-11-17-31(18-12-25)42(44)45)23-40(35(46)39-29-15-13-28(36)14-16-29)22-27-9-5-8-26-7-3-4-10-33(26)27/h3-5,7-18,20,24,30H,2,6,19,21-23H2,1H3,(H,38,43)(H,39,46)/t30-/m0/s1. The third kappa shape index (κ3) is 8.51. The lowest BCUT2D eigenvalue weighted by Crippen LogP contribution is -2.47. The number of nitrogens with zero attached hydrogens (tertiary/aromatic N) is 4. The molecule has 0 spiro atoms. The van der Waals surface area contributed by atoms with Gasteiger partial charge in [0.1, 0.15) is 5.82 Å². The lowest BCUT2D eigenvalue weighted by Gasteiger charge is -2.31. The molecule has 0 aliphatic rings. The number of anilines is 1. The molecule has 0 unspecified atom stereocenters. The zero-order chi connectivity index (χ0) is 32.5. The molecule has 1 heterocycles. The number of nitro benzene ring substituents is 1. The van der Waals surface area contributed by atoms with Crippen molar-refractivity contribution in [2.24, 2.45) is 0 Å². The molecule has 1 amide bonds. The number of carbonyl (C=O) groups is 1. The molecule has 0 aliphatic carbocycles. The number of halogens is 1. The zero-order valence-corrected chi connectivity index (χ0v) is 26.3. The summed E-state index contributed by atoms with van der Waals surface area (Å²) in [6, 6.07) is 26.5. The summed E-state index contributed by atoms with van der Waals surface area (Å²) < 4.78 is 15.4. The Hall–Kier alpha value is -5.16. The first-order valence-electron chi connectivity index (χ1n) is 15.1. The van der Waals surface area contributed by atoms with Crippen molar-refractivity contribution in [3.8, 4) is 0 Å². The third-order valence-corrected chi connectivity index (χ3v) is 8.07. The maximum absolute atomic E-state index is 13.6. The van der Waals surface area contributed by atoms with Crippen LogP contribution in [0.5, 0.6) is 0 Å². The number of hydrogen-bond donors (Lipinski definition) is 2. The first-order valence-corrected chi connectivity index (χ1v) is 15.5. The number of fused-ring (bicyclic) bond motifs is 1. The molecule has 1 atom stereocenters. The molecule has 4 aromatic carbocycles. The second-order valence-electron chi connectivity index (χ2n) is 11.1. The highest BCUT2D eigenvalue weighted by atomic mass is 32.1. The number of aromatic nitrogens is 2. The number of amides is 1. The minimum absolute atomic E-state index is 0.0257. The van der Waals surface area contributed by atoms with Crippen molar-refractivity contribution in [1.82, 2.24) is 19.8 Å². The summed E-state index contributed by atoms with van der Waals surface area (Å²) in [6.07, 6.45) is 5.02. The van der Waals surface area contributed by atoms with Crippen molar-refractivity contribution in [1.29, 1.82) is 0 Å². The highest BCUT2D eigenvalue weighted by Crippen LogP contribution is 2.22. The van der Waals surface area contributed by atoms with Crippen LogP contribution >= 0.6 is 12.2 Å². The highest BCUT2D eigenvalue weighted by Gasteiger charge is 2.21. The van der Waals surface area contributed by atoms with E-state index < -0.39 is 4.92 Å². The van der Waals surface area contributed by atoms with E-state index in [9.17, 15) is 19.3 Å². The third-order valence-electron chi connectivity index (χ3n) is 7.71. The van der Waals surface area contributed by atoms with E-state index in [-0.39, 0.29) is 29.9 Å². The SMILES string of the molecule is CCC[C@@H](CN(Cc1cccc2ccccc12)C(=S)Nc1ccc(F)cc1)NC(=O)Cc1cncn1Cc1ccc([N+](=O)[O-])cc1. The van der Waals surface area contributed by atoms with Gasteiger partial charge in [0, 0.05) is 55.4 Å². The molecule has 236 valence electrons. The van der Waals surface area contributed by atoms with E-state index in [0.717, 1.165) is 40.4 Å². The lowest BCUT2D eigenvalue weighted by molar-refractivity contribution is -0.384. The minimum atomic E-state index is -0.432. The quantitative estimate of drug-likeness (QED) is 0.0825. The van der Waals surface area contributed by atoms with Crippen LogP contribution in [0.4, 0.5) is 15.8 Å². The summed E-state index contributed by atoms with van der Waals surface area (Å²) in [5, 5.41) is 20.2. The molecule has 5 aromatic rings. The van der Waals surface area contributed by atoms with Gasteiger partial charge in [0.05, 0.1) is 17.7 Å². The maximum atomic E-state index is 13.6. The van der Waals surface area contributed by atoms with Crippen molar-refractivity contribution in [3.05, 3.63) is 136 Å². The number of hydrogen-bond acceptors (Lipinski definition) is 5. The molecule has 9 nitrogen and oxygen atoms in total. The monoisotopic (exact) mass is 638 g/mol. The average molecular weight is 639 g/mol. The van der Waals surface area contributed by atoms with Gasteiger partial charge in [-0.3, -0.25) is 14.9 Å². The van der Waals surface area contributed by atoms with Gasteiger partial charge in [-0.2, -0.15) is 0 Å². The van der Waals surface area contributed by atoms with E-state index in [4.69, 9.17) is 12.2 Å². The summed E-state index contributed by atoms with van der Waals surface area (Å²) in [5.74, 6) is -0.477. The molecular weight excluding hydrogens is 603 g/mol. The summed E-state index contributed by atoms with van der Waals surface area (Å²) in [5.41, 5.74) is 3.38. The minimum Gasteiger partial charge on any atom is -0.351 e. The van der Waals surface area contributed by atoms with Crippen LogP contribution < -0.4 is 10.6 Å². The Balaban J connectivity index is 1.31. The van der Waals surface area contributed by atoms with Crippen molar-refractivity contribution in [3.63, 3.8) is 0 Å². The number of carbonyl (C=O) groups excluding carboxylic acids is 1. The lowest BCUT2D eigenvalue weighted by atomic mass is 10.0. The number of non-ortho nitro benzene ring substituents is 1. The number of thiocarbonyl (C=S) groups is 1. The number of rotatable bonds is 13. The van der Waals surface area contributed by atoms with Crippen LogP contribution in [-0.4, -0.2) is 43.0 Å². The van der Waals surface area contributed by atoms with Gasteiger partial charge in [-0.1, -0.05) is 67.9 Å². The summed E-state index contributed by atoms with van der Waals surface area (Å²) in [4.78, 5) is 30.2. The number of imidazole rings is 1. The van der Waals surface area contributed by atoms with E-state index in [1.54, 1.807) is 36.8 Å². The fourth-order valence-electron chi connectivity index (χ4n) is 5.42. The van der Waals surface area contributed by atoms with Crippen LogP contribution in [0.2, 0.25) is 0 Å². The Morgan fingerprint density at radius 3 is 2.52 bits per heavy atom. The highest BCUT2D eigenvalue weighted by molar-refractivity contribution is 7.80. The van der Waals surface area contributed by atoms with Crippen LogP contribution in [0.25, 0.3) is 10.8 Å². The topological polar surface area (TPSA) is 105 Å². The second kappa shape index (κ2) is 15.2. The normalized spacial score (nSPS) is 11.6. The maximum Gasteiger partial charge on any atom is 0.269 e. The van der Waals surface area contributed by atoms with Gasteiger partial charge in [0.25, 0.3) is 5.69 Å². The van der Waals surface area contributed by atoms with Crippen molar-refractivity contribution in [2.75, 3.05) is 11.9 Å². The molecule has 0 radical (unpaired) electrons. The molecule has 0 bridgehead atoms. The molecule has 0 saturated carbocycles. The van der Waals surface area contributed by atoms with Crippen LogP contribution in [0, 0.1) is 15.9 Å². The molecular formula is C35H35FN6O3S. The van der Waals surface area contributed by atoms with Crippen molar-refractivity contribution in [2.45, 2.75) is 45.3 Å². The van der Waals surface area contributed by atoms with Crippen molar-refractivity contribution >= 4 is 45.4 Å². The summed E-state index contributed by atoms with van der Waals surface area (Å²) in [7, 11) is 0. The van der Waals surface area contributed by atoms with Gasteiger partial charge >= 0.3 is 0 Å². The Bertz CT molecular complexity index is 1800. The zero-order valence-electron chi connectivity index (χ0n) is 25.4. The molecule has 2 N–H and O–H groups in total. The Labute approximate surface area is 272 Å². The molecule has 46 heavy (non-hydrogen) atoms. The molecule has 5 rings (SSSR count). The molecule has 0 aliphatic heterocycles. The first kappa shape index (κ1) is 32.2. The summed E-state index contributed by atoms with van der Waals surface area (Å²) >= 11 is 5.88. The smallest absolute Gasteiger partial charge is 0.269 e. The average Bonchev–Trinajstić information content (AvgIpc) is 3.48. The number of nitro groups is 1. The Morgan fingerprint density at radius 1 is 1.04 bits per heavy atom. The van der Waals surface area contributed by atoms with Gasteiger partial charge in [0.2, 0.25) is 5.91 Å². The van der Waals surface area contributed by atoms with Crippen molar-refractivity contribution < 1.29 is 14.1 Å². The summed E-state index contributed by atoms with van der Waals surface area (Å²) in [6.45, 7) is 3.47. The number of benzene rings is 4. The van der Waals surface area contributed by atoms with Crippen LogP contribution in [-0.2, 0) is 24.3 Å². The predicted octanol–water partition coefficient (Wildman–Crippen LogP) is 6.86. The van der Waals surface area contributed by atoms with E-state index in [1.807, 2.05) is 27.7 Å². The van der Waals surface area contributed by atoms with Crippen LogP contribution in [0.15, 0.2) is 104 Å². The van der Waals surface area contributed by atoms with Gasteiger partial charge in [-0.25, -0.2) is 9.37 Å². The van der Waals surface area contributed by atoms with E-state index in [2.05, 4.69) is 46.8 Å². The van der Waals surface area contributed by atoms with Crippen LogP contribution in [0.3, 0.4) is 0 Å². The van der Waals surface area contributed by atoms with Gasteiger partial charge in [-0.15, -0.1) is 0 Å².